The fourth-order valence-electron chi connectivity index (χ4n) is 4.23. The van der Waals surface area contributed by atoms with E-state index in [1.165, 1.54) is 32.5 Å². The molecular weight excluding hydrogens is 352 g/mol. The Morgan fingerprint density at radius 1 is 1.14 bits per heavy atom. The van der Waals surface area contributed by atoms with E-state index in [4.69, 9.17) is 4.99 Å². The van der Waals surface area contributed by atoms with Crippen molar-refractivity contribution in [2.45, 2.75) is 52.5 Å². The number of guanidine groups is 1. The van der Waals surface area contributed by atoms with Crippen molar-refractivity contribution in [2.24, 2.45) is 16.8 Å². The fraction of sp³-hybridized carbons (Fsp3) is 0.905. The van der Waals surface area contributed by atoms with Crippen LogP contribution in [0.25, 0.3) is 0 Å². The summed E-state index contributed by atoms with van der Waals surface area (Å²) in [5.41, 5.74) is 0. The first-order chi connectivity index (χ1) is 13.5. The zero-order chi connectivity index (χ0) is 20.4. The van der Waals surface area contributed by atoms with Crippen molar-refractivity contribution in [3.63, 3.8) is 0 Å². The molecule has 1 atom stereocenters. The van der Waals surface area contributed by atoms with Crippen LogP contribution in [0.3, 0.4) is 0 Å². The van der Waals surface area contributed by atoms with Gasteiger partial charge in [0, 0.05) is 52.4 Å². The highest BCUT2D eigenvalue weighted by Crippen LogP contribution is 2.18. The van der Waals surface area contributed by atoms with Crippen LogP contribution < -0.4 is 16.0 Å². The number of nitrogens with one attached hydrogen (secondary N) is 3. The highest BCUT2D eigenvalue weighted by Gasteiger charge is 2.22. The van der Waals surface area contributed by atoms with Gasteiger partial charge in [0.25, 0.3) is 0 Å². The van der Waals surface area contributed by atoms with E-state index in [0.29, 0.717) is 18.5 Å². The molecule has 1 unspecified atom stereocenters. The van der Waals surface area contributed by atoms with Crippen LogP contribution >= 0.6 is 0 Å². The lowest BCUT2D eigenvalue weighted by molar-refractivity contribution is -0.122. The second kappa shape index (κ2) is 12.3. The van der Waals surface area contributed by atoms with Gasteiger partial charge in [-0.1, -0.05) is 13.8 Å². The predicted octanol–water partition coefficient (Wildman–Crippen LogP) is 1.12. The van der Waals surface area contributed by atoms with Crippen molar-refractivity contribution in [1.29, 1.82) is 0 Å². The minimum absolute atomic E-state index is 0.0975. The van der Waals surface area contributed by atoms with E-state index < -0.39 is 0 Å². The molecule has 2 fully saturated rings. The largest absolute Gasteiger partial charge is 0.358 e. The number of carbonyl (C=O) groups excluding carboxylic acids is 1. The van der Waals surface area contributed by atoms with E-state index in [2.05, 4.69) is 46.5 Å². The van der Waals surface area contributed by atoms with Crippen LogP contribution in [0, 0.1) is 11.8 Å². The first-order valence-corrected chi connectivity index (χ1v) is 11.2. The molecule has 2 saturated heterocycles. The third-order valence-corrected chi connectivity index (χ3v) is 5.65. The molecule has 0 saturated carbocycles. The van der Waals surface area contributed by atoms with Crippen LogP contribution in [-0.4, -0.2) is 87.1 Å². The lowest BCUT2D eigenvalue weighted by atomic mass is 9.97. The molecule has 0 radical (unpaired) electrons. The van der Waals surface area contributed by atoms with Gasteiger partial charge in [-0.2, -0.15) is 0 Å². The van der Waals surface area contributed by atoms with E-state index in [-0.39, 0.29) is 5.91 Å². The van der Waals surface area contributed by atoms with Gasteiger partial charge in [-0.05, 0) is 51.0 Å². The number of likely N-dealkylation sites (N-methyl/N-ethyl adjacent to an activating group) is 1. The van der Waals surface area contributed by atoms with Crippen LogP contribution in [0.4, 0.5) is 0 Å². The van der Waals surface area contributed by atoms with Crippen molar-refractivity contribution in [3.8, 4) is 0 Å². The normalized spacial score (nSPS) is 23.0. The first kappa shape index (κ1) is 22.9. The topological polar surface area (TPSA) is 72.0 Å². The summed E-state index contributed by atoms with van der Waals surface area (Å²) in [6.07, 6.45) is 4.68. The van der Waals surface area contributed by atoms with Gasteiger partial charge in [0.1, 0.15) is 0 Å². The van der Waals surface area contributed by atoms with E-state index in [9.17, 15) is 4.79 Å². The number of amides is 1. The minimum Gasteiger partial charge on any atom is -0.358 e. The molecule has 162 valence electrons. The Bertz CT molecular complexity index is 487. The maximum atomic E-state index is 11.5. The average Bonchev–Trinajstić information content (AvgIpc) is 2.67. The van der Waals surface area contributed by atoms with Gasteiger partial charge in [0.05, 0.1) is 6.54 Å². The molecule has 0 aliphatic carbocycles. The molecule has 0 bridgehead atoms. The Balaban J connectivity index is 1.78. The Hall–Kier alpha value is -1.34. The maximum absolute atomic E-state index is 11.5. The summed E-state index contributed by atoms with van der Waals surface area (Å²) in [6, 6.07) is 0.433. The molecule has 28 heavy (non-hydrogen) atoms. The van der Waals surface area contributed by atoms with Crippen LogP contribution in [0.2, 0.25) is 0 Å². The van der Waals surface area contributed by atoms with Crippen LogP contribution in [0.1, 0.15) is 46.5 Å². The van der Waals surface area contributed by atoms with Gasteiger partial charge in [-0.15, -0.1) is 0 Å². The second-order valence-corrected chi connectivity index (χ2v) is 8.75. The summed E-state index contributed by atoms with van der Waals surface area (Å²) in [6.45, 7) is 14.5. The van der Waals surface area contributed by atoms with E-state index in [1.54, 1.807) is 7.05 Å². The third kappa shape index (κ3) is 8.35. The zero-order valence-electron chi connectivity index (χ0n) is 18.5. The number of carbonyl (C=O) groups is 1. The smallest absolute Gasteiger partial charge is 0.233 e. The molecule has 0 aromatic carbocycles. The van der Waals surface area contributed by atoms with Gasteiger partial charge in [0.15, 0.2) is 5.96 Å². The quantitative estimate of drug-likeness (QED) is 0.425. The standard InChI is InChI=1S/C21H42N6O/c1-5-23-21(24-13-18-7-6-10-27(15-18)14-17(2)3)25-19-8-11-26(12-9-19)16-20(28)22-4/h17-19H,5-16H2,1-4H3,(H,22,28)(H2,23,24,25). The monoisotopic (exact) mass is 394 g/mol. The average molecular weight is 395 g/mol. The Kier molecular flexibility index (Phi) is 10.1. The summed E-state index contributed by atoms with van der Waals surface area (Å²) in [4.78, 5) is 21.3. The van der Waals surface area contributed by atoms with Crippen molar-refractivity contribution < 1.29 is 4.79 Å². The summed E-state index contributed by atoms with van der Waals surface area (Å²) >= 11 is 0. The zero-order valence-corrected chi connectivity index (χ0v) is 18.5. The minimum atomic E-state index is 0.0975. The first-order valence-electron chi connectivity index (χ1n) is 11.2. The van der Waals surface area contributed by atoms with Gasteiger partial charge in [-0.25, -0.2) is 0 Å². The highest BCUT2D eigenvalue weighted by atomic mass is 16.1. The number of rotatable bonds is 8. The second-order valence-electron chi connectivity index (χ2n) is 8.75. The lowest BCUT2D eigenvalue weighted by Crippen LogP contribution is -2.50. The van der Waals surface area contributed by atoms with Crippen LogP contribution in [0.5, 0.6) is 0 Å². The lowest BCUT2D eigenvalue weighted by Gasteiger charge is -2.34. The number of nitrogens with zero attached hydrogens (tertiary/aromatic N) is 3. The van der Waals surface area contributed by atoms with Gasteiger partial charge < -0.3 is 20.9 Å². The van der Waals surface area contributed by atoms with Crippen LogP contribution in [0.15, 0.2) is 4.99 Å². The molecule has 0 aromatic rings. The molecule has 2 rings (SSSR count). The van der Waals surface area contributed by atoms with E-state index in [0.717, 1.165) is 50.9 Å². The molecule has 0 spiro atoms. The van der Waals surface area contributed by atoms with Gasteiger partial charge >= 0.3 is 0 Å². The summed E-state index contributed by atoms with van der Waals surface area (Å²) < 4.78 is 0. The number of hydrogen-bond donors (Lipinski definition) is 3. The van der Waals surface area contributed by atoms with Gasteiger partial charge in [-0.3, -0.25) is 14.7 Å². The number of likely N-dealkylation sites (tertiary alicyclic amines) is 2. The number of piperidine rings is 2. The predicted molar refractivity (Wildman–Crippen MR) is 117 cm³/mol. The fourth-order valence-corrected chi connectivity index (χ4v) is 4.23. The van der Waals surface area contributed by atoms with Crippen molar-refractivity contribution >= 4 is 11.9 Å². The van der Waals surface area contributed by atoms with E-state index >= 15 is 0 Å². The number of aliphatic imine (C=N–C) groups is 1. The van der Waals surface area contributed by atoms with Crippen molar-refractivity contribution in [3.05, 3.63) is 0 Å². The van der Waals surface area contributed by atoms with Gasteiger partial charge in [0.2, 0.25) is 5.91 Å². The molecular formula is C21H42N6O. The molecule has 2 aliphatic rings. The van der Waals surface area contributed by atoms with Crippen molar-refractivity contribution in [1.82, 2.24) is 25.8 Å². The summed E-state index contributed by atoms with van der Waals surface area (Å²) in [5, 5.41) is 9.74. The molecule has 3 N–H and O–H groups in total. The Morgan fingerprint density at radius 2 is 1.89 bits per heavy atom. The SMILES string of the molecule is CCNC(=NCC1CCCN(CC(C)C)C1)NC1CCN(CC(=O)NC)CC1. The van der Waals surface area contributed by atoms with Crippen molar-refractivity contribution in [2.75, 3.05) is 59.4 Å². The third-order valence-electron chi connectivity index (χ3n) is 5.65. The highest BCUT2D eigenvalue weighted by molar-refractivity contribution is 5.80. The van der Waals surface area contributed by atoms with Crippen LogP contribution in [-0.2, 0) is 4.79 Å². The number of hydrogen-bond acceptors (Lipinski definition) is 4. The summed E-state index contributed by atoms with van der Waals surface area (Å²) in [5.74, 6) is 2.45. The maximum Gasteiger partial charge on any atom is 0.233 e. The Labute approximate surface area is 171 Å². The molecule has 0 aromatic heterocycles. The van der Waals surface area contributed by atoms with E-state index in [1.807, 2.05) is 0 Å². The molecule has 7 heteroatoms. The molecule has 7 nitrogen and oxygen atoms in total. The molecule has 1 amide bonds. The Morgan fingerprint density at radius 3 is 2.54 bits per heavy atom. The molecule has 2 aliphatic heterocycles. The molecule has 2 heterocycles. The summed E-state index contributed by atoms with van der Waals surface area (Å²) in [7, 11) is 1.70.